The van der Waals surface area contributed by atoms with Crippen molar-refractivity contribution in [3.8, 4) is 11.1 Å². The summed E-state index contributed by atoms with van der Waals surface area (Å²) in [6.07, 6.45) is 0. The fourth-order valence-electron chi connectivity index (χ4n) is 6.56. The van der Waals surface area contributed by atoms with Gasteiger partial charge >= 0.3 is 0 Å². The molecule has 9 aromatic rings. The van der Waals surface area contributed by atoms with Gasteiger partial charge < -0.3 is 0 Å². The van der Waals surface area contributed by atoms with Crippen molar-refractivity contribution in [3.63, 3.8) is 0 Å². The van der Waals surface area contributed by atoms with Gasteiger partial charge in [0.25, 0.3) is 0 Å². The topological polar surface area (TPSA) is 0 Å². The Kier molecular flexibility index (Phi) is 3.76. The van der Waals surface area contributed by atoms with E-state index in [2.05, 4.69) is 121 Å². The lowest BCUT2D eigenvalue weighted by Gasteiger charge is -2.17. The Balaban J connectivity index is 1.49. The van der Waals surface area contributed by atoms with Crippen LogP contribution in [0.3, 0.4) is 0 Å². The second kappa shape index (κ2) is 7.06. The van der Waals surface area contributed by atoms with Crippen LogP contribution in [-0.4, -0.2) is 0 Å². The number of thiophene rings is 1. The second-order valence-electron chi connectivity index (χ2n) is 10.1. The summed E-state index contributed by atoms with van der Waals surface area (Å²) in [5, 5.41) is 16.0. The smallest absolute Gasteiger partial charge is 0.0440 e. The number of hydrogen-bond donors (Lipinski definition) is 0. The third kappa shape index (κ3) is 2.57. The van der Waals surface area contributed by atoms with Crippen molar-refractivity contribution < 1.29 is 0 Å². The maximum Gasteiger partial charge on any atom is 0.0440 e. The van der Waals surface area contributed by atoms with Gasteiger partial charge in [-0.2, -0.15) is 0 Å². The highest BCUT2D eigenvalue weighted by molar-refractivity contribution is 7.26. The van der Waals surface area contributed by atoms with Gasteiger partial charge in [0.05, 0.1) is 0 Å². The molecule has 0 aliphatic rings. The Labute approximate surface area is 217 Å². The lowest BCUT2D eigenvalue weighted by atomic mass is 9.87. The van der Waals surface area contributed by atoms with Crippen molar-refractivity contribution in [2.45, 2.75) is 0 Å². The van der Waals surface area contributed by atoms with E-state index in [0.717, 1.165) is 0 Å². The van der Waals surface area contributed by atoms with Gasteiger partial charge in [-0.15, -0.1) is 11.3 Å². The zero-order valence-electron chi connectivity index (χ0n) is 20.0. The van der Waals surface area contributed by atoms with Crippen LogP contribution in [0.1, 0.15) is 0 Å². The molecule has 8 aromatic carbocycles. The van der Waals surface area contributed by atoms with Crippen LogP contribution in [0.2, 0.25) is 0 Å². The Morgan fingerprint density at radius 2 is 0.973 bits per heavy atom. The van der Waals surface area contributed by atoms with Gasteiger partial charge in [0.1, 0.15) is 0 Å². The van der Waals surface area contributed by atoms with Crippen LogP contribution in [-0.2, 0) is 0 Å². The van der Waals surface area contributed by atoms with Gasteiger partial charge in [-0.3, -0.25) is 0 Å². The molecule has 0 saturated heterocycles. The van der Waals surface area contributed by atoms with E-state index >= 15 is 0 Å². The highest BCUT2D eigenvalue weighted by Gasteiger charge is 2.17. The predicted octanol–water partition coefficient (Wildman–Crippen LogP) is 10.9. The molecular formula is C36H20S. The van der Waals surface area contributed by atoms with Crippen molar-refractivity contribution in [2.75, 3.05) is 0 Å². The Morgan fingerprint density at radius 3 is 1.86 bits per heavy atom. The Hall–Kier alpha value is -4.46. The summed E-state index contributed by atoms with van der Waals surface area (Å²) in [5.41, 5.74) is 2.62. The normalized spacial score (nSPS) is 12.3. The summed E-state index contributed by atoms with van der Waals surface area (Å²) >= 11 is 1.92. The molecule has 1 heteroatoms. The van der Waals surface area contributed by atoms with Crippen LogP contribution in [0, 0.1) is 0 Å². The molecule has 37 heavy (non-hydrogen) atoms. The number of hydrogen-bond acceptors (Lipinski definition) is 1. The molecule has 0 radical (unpaired) electrons. The summed E-state index contributed by atoms with van der Waals surface area (Å²) in [5.74, 6) is 0. The predicted molar refractivity (Wildman–Crippen MR) is 163 cm³/mol. The molecule has 0 amide bonds. The quantitative estimate of drug-likeness (QED) is 0.203. The minimum atomic E-state index is 1.29. The molecule has 1 aromatic heterocycles. The first-order chi connectivity index (χ1) is 18.3. The molecule has 9 rings (SSSR count). The molecule has 0 aliphatic carbocycles. The molecule has 1 heterocycles. The summed E-state index contributed by atoms with van der Waals surface area (Å²) in [6, 6.07) is 45.2. The number of fused-ring (bicyclic) bond motifs is 7. The maximum atomic E-state index is 2.41. The molecule has 0 aliphatic heterocycles. The van der Waals surface area contributed by atoms with Crippen LogP contribution in [0.15, 0.2) is 121 Å². The molecule has 0 unspecified atom stereocenters. The van der Waals surface area contributed by atoms with E-state index in [1.807, 2.05) is 11.3 Å². The lowest BCUT2D eigenvalue weighted by Crippen LogP contribution is -1.89. The maximum absolute atomic E-state index is 2.41. The molecule has 170 valence electrons. The Bertz CT molecular complexity index is 2340. The van der Waals surface area contributed by atoms with E-state index in [0.29, 0.717) is 0 Å². The summed E-state index contributed by atoms with van der Waals surface area (Å²) in [7, 11) is 0. The van der Waals surface area contributed by atoms with Crippen molar-refractivity contribution in [2.24, 2.45) is 0 Å². The molecule has 0 nitrogen and oxygen atoms in total. The van der Waals surface area contributed by atoms with E-state index in [1.54, 1.807) is 0 Å². The Morgan fingerprint density at radius 1 is 0.351 bits per heavy atom. The van der Waals surface area contributed by atoms with E-state index < -0.39 is 0 Å². The summed E-state index contributed by atoms with van der Waals surface area (Å²) in [4.78, 5) is 0. The van der Waals surface area contributed by atoms with Crippen LogP contribution in [0.5, 0.6) is 0 Å². The fourth-order valence-corrected chi connectivity index (χ4v) is 7.82. The molecule has 0 atom stereocenters. The van der Waals surface area contributed by atoms with E-state index in [9.17, 15) is 0 Å². The van der Waals surface area contributed by atoms with Crippen LogP contribution < -0.4 is 0 Å². The van der Waals surface area contributed by atoms with E-state index in [-0.39, 0.29) is 0 Å². The first-order valence-electron chi connectivity index (χ1n) is 12.8. The summed E-state index contributed by atoms with van der Waals surface area (Å²) < 4.78 is 2.73. The fraction of sp³-hybridized carbons (Fsp3) is 0. The van der Waals surface area contributed by atoms with Gasteiger partial charge in [0, 0.05) is 25.6 Å². The third-order valence-electron chi connectivity index (χ3n) is 8.19. The minimum Gasteiger partial charge on any atom is -0.135 e. The van der Waals surface area contributed by atoms with Crippen molar-refractivity contribution in [1.29, 1.82) is 0 Å². The van der Waals surface area contributed by atoms with Gasteiger partial charge in [-0.05, 0) is 71.7 Å². The first-order valence-corrected chi connectivity index (χ1v) is 13.6. The zero-order chi connectivity index (χ0) is 24.1. The lowest BCUT2D eigenvalue weighted by molar-refractivity contribution is 1.73. The minimum absolute atomic E-state index is 1.29. The van der Waals surface area contributed by atoms with Crippen molar-refractivity contribution in [3.05, 3.63) is 121 Å². The molecule has 0 saturated carbocycles. The number of benzene rings is 8. The molecule has 0 N–H and O–H groups in total. The average Bonchev–Trinajstić information content (AvgIpc) is 3.34. The largest absolute Gasteiger partial charge is 0.135 e. The third-order valence-corrected chi connectivity index (χ3v) is 9.39. The summed E-state index contributed by atoms with van der Waals surface area (Å²) in [6.45, 7) is 0. The molecule has 0 spiro atoms. The van der Waals surface area contributed by atoms with Gasteiger partial charge in [0.15, 0.2) is 0 Å². The van der Waals surface area contributed by atoms with Gasteiger partial charge in [-0.25, -0.2) is 0 Å². The van der Waals surface area contributed by atoms with Crippen LogP contribution >= 0.6 is 11.3 Å². The van der Waals surface area contributed by atoms with Crippen molar-refractivity contribution >= 4 is 85.4 Å². The first kappa shape index (κ1) is 19.7. The van der Waals surface area contributed by atoms with Crippen LogP contribution in [0.4, 0.5) is 0 Å². The van der Waals surface area contributed by atoms with E-state index in [1.165, 1.54) is 85.2 Å². The number of rotatable bonds is 1. The monoisotopic (exact) mass is 484 g/mol. The van der Waals surface area contributed by atoms with Crippen LogP contribution in [0.25, 0.3) is 85.2 Å². The highest BCUT2D eigenvalue weighted by Crippen LogP contribution is 2.46. The molecule has 0 bridgehead atoms. The second-order valence-corrected chi connectivity index (χ2v) is 11.1. The van der Waals surface area contributed by atoms with Gasteiger partial charge in [0.2, 0.25) is 0 Å². The highest BCUT2D eigenvalue weighted by atomic mass is 32.1. The molecular weight excluding hydrogens is 464 g/mol. The average molecular weight is 485 g/mol. The standard InChI is InChI=1S/C36H20S/c1-2-9-25-24(6-1)20-31(29-18-19-30-27-10-3-4-11-32(27)37-36(30)35(25)29)26-16-14-23-13-12-21-7-5-8-22-15-17-28(26)34(23)33(21)22/h1-20H. The van der Waals surface area contributed by atoms with E-state index in [4.69, 9.17) is 0 Å². The molecule has 0 fully saturated rings. The van der Waals surface area contributed by atoms with Crippen molar-refractivity contribution in [1.82, 2.24) is 0 Å². The SMILES string of the molecule is c1ccc2c(c1)cc(-c1ccc3ccc4cccc5ccc1c3c45)c1ccc3c4ccccc4sc3c12. The van der Waals surface area contributed by atoms with Gasteiger partial charge in [-0.1, -0.05) is 109 Å². The zero-order valence-corrected chi connectivity index (χ0v) is 20.8.